The zero-order chi connectivity index (χ0) is 17.7. The second-order valence-corrected chi connectivity index (χ2v) is 7.81. The topological polar surface area (TPSA) is 17.6 Å². The standard InChI is InChI=1S/C25H17NO/c1-14-7-6-10-16-19-13-18-15-8-2-4-11-20(15)26-21-12-5-3-9-17(21)22(23(18)26)25(19)27-24(14)16/h2-6,8-14H,7H2,1H3. The first-order chi connectivity index (χ1) is 13.3. The molecule has 0 spiro atoms. The quantitative estimate of drug-likeness (QED) is 0.286. The molecule has 0 N–H and O–H groups in total. The van der Waals surface area contributed by atoms with Crippen molar-refractivity contribution >= 4 is 55.1 Å². The van der Waals surface area contributed by atoms with Gasteiger partial charge in [-0.15, -0.1) is 0 Å². The molecule has 7 rings (SSSR count). The van der Waals surface area contributed by atoms with Crippen LogP contribution in [-0.2, 0) is 0 Å². The van der Waals surface area contributed by atoms with Crippen molar-refractivity contribution in [3.63, 3.8) is 0 Å². The molecule has 3 aromatic carbocycles. The summed E-state index contributed by atoms with van der Waals surface area (Å²) in [5.74, 6) is 1.57. The fourth-order valence-corrected chi connectivity index (χ4v) is 5.13. The van der Waals surface area contributed by atoms with E-state index < -0.39 is 0 Å². The van der Waals surface area contributed by atoms with Crippen molar-refractivity contribution in [3.05, 3.63) is 72.0 Å². The van der Waals surface area contributed by atoms with Crippen molar-refractivity contribution in [1.29, 1.82) is 0 Å². The van der Waals surface area contributed by atoms with E-state index in [1.165, 1.54) is 49.0 Å². The lowest BCUT2D eigenvalue weighted by atomic mass is 9.93. The molecule has 2 heteroatoms. The molecule has 6 aromatic rings. The van der Waals surface area contributed by atoms with Gasteiger partial charge in [0.25, 0.3) is 0 Å². The maximum absolute atomic E-state index is 6.55. The van der Waals surface area contributed by atoms with Gasteiger partial charge in [0.15, 0.2) is 0 Å². The van der Waals surface area contributed by atoms with Crippen LogP contribution in [0.3, 0.4) is 0 Å². The van der Waals surface area contributed by atoms with Crippen LogP contribution >= 0.6 is 0 Å². The lowest BCUT2D eigenvalue weighted by molar-refractivity contribution is 0.506. The number of furan rings is 1. The molecule has 3 aromatic heterocycles. The maximum atomic E-state index is 6.55. The van der Waals surface area contributed by atoms with Gasteiger partial charge in [-0.2, -0.15) is 0 Å². The smallest absolute Gasteiger partial charge is 0.144 e. The molecular weight excluding hydrogens is 330 g/mol. The van der Waals surface area contributed by atoms with Crippen molar-refractivity contribution < 1.29 is 4.42 Å². The molecule has 0 fully saturated rings. The van der Waals surface area contributed by atoms with E-state index >= 15 is 0 Å². The summed E-state index contributed by atoms with van der Waals surface area (Å²) in [5.41, 5.74) is 6.11. The first-order valence-electron chi connectivity index (χ1n) is 9.62. The van der Waals surface area contributed by atoms with Crippen LogP contribution in [0.1, 0.15) is 30.6 Å². The van der Waals surface area contributed by atoms with E-state index in [2.05, 4.69) is 78.1 Å². The molecular formula is C25H17NO. The maximum Gasteiger partial charge on any atom is 0.144 e. The number of rotatable bonds is 0. The average Bonchev–Trinajstić information content (AvgIpc) is 3.34. The monoisotopic (exact) mass is 347 g/mol. The SMILES string of the molecule is CC1CC=Cc2c1oc1c2cc2c3ccccc3n3c4ccccc4c1c23. The molecule has 0 aliphatic heterocycles. The van der Waals surface area contributed by atoms with Crippen LogP contribution in [0.4, 0.5) is 0 Å². The minimum Gasteiger partial charge on any atom is -0.459 e. The summed E-state index contributed by atoms with van der Waals surface area (Å²) in [5, 5.41) is 6.41. The van der Waals surface area contributed by atoms with Gasteiger partial charge >= 0.3 is 0 Å². The minimum atomic E-state index is 0.430. The van der Waals surface area contributed by atoms with E-state index in [4.69, 9.17) is 4.42 Å². The molecule has 0 amide bonds. The lowest BCUT2D eigenvalue weighted by Crippen LogP contribution is -1.95. The number of para-hydroxylation sites is 2. The van der Waals surface area contributed by atoms with Gasteiger partial charge in [0.2, 0.25) is 0 Å². The Kier molecular flexibility index (Phi) is 2.33. The third-order valence-electron chi connectivity index (χ3n) is 6.31. The van der Waals surface area contributed by atoms with Crippen molar-refractivity contribution in [1.82, 2.24) is 4.40 Å². The number of hydrogen-bond donors (Lipinski definition) is 0. The van der Waals surface area contributed by atoms with Gasteiger partial charge in [-0.1, -0.05) is 55.5 Å². The second kappa shape index (κ2) is 4.52. The number of hydrogen-bond acceptors (Lipinski definition) is 1. The normalized spacial score (nSPS) is 17.1. The van der Waals surface area contributed by atoms with Crippen LogP contribution in [0.5, 0.6) is 0 Å². The molecule has 0 bridgehead atoms. The van der Waals surface area contributed by atoms with Crippen molar-refractivity contribution in [2.24, 2.45) is 0 Å². The molecule has 0 saturated heterocycles. The van der Waals surface area contributed by atoms with Gasteiger partial charge in [-0.3, -0.25) is 0 Å². The third-order valence-corrected chi connectivity index (χ3v) is 6.31. The van der Waals surface area contributed by atoms with Gasteiger partial charge in [-0.05, 0) is 24.6 Å². The fraction of sp³-hybridized carbons (Fsp3) is 0.120. The van der Waals surface area contributed by atoms with E-state index in [-0.39, 0.29) is 0 Å². The van der Waals surface area contributed by atoms with Crippen LogP contribution in [0.25, 0.3) is 55.1 Å². The molecule has 0 saturated carbocycles. The van der Waals surface area contributed by atoms with E-state index in [1.54, 1.807) is 0 Å². The number of allylic oxidation sites excluding steroid dienone is 1. The summed E-state index contributed by atoms with van der Waals surface area (Å²) in [6.07, 6.45) is 5.58. The number of nitrogens with zero attached hydrogens (tertiary/aromatic N) is 1. The minimum absolute atomic E-state index is 0.430. The van der Waals surface area contributed by atoms with Gasteiger partial charge < -0.3 is 8.82 Å². The van der Waals surface area contributed by atoms with Gasteiger partial charge in [0, 0.05) is 33.0 Å². The zero-order valence-electron chi connectivity index (χ0n) is 15.0. The molecule has 0 radical (unpaired) electrons. The van der Waals surface area contributed by atoms with Crippen LogP contribution in [0.15, 0.2) is 65.1 Å². The average molecular weight is 347 g/mol. The lowest BCUT2D eigenvalue weighted by Gasteiger charge is -2.10. The molecule has 1 aliphatic rings. The predicted octanol–water partition coefficient (Wildman–Crippen LogP) is 7.10. The van der Waals surface area contributed by atoms with Crippen molar-refractivity contribution in [2.75, 3.05) is 0 Å². The highest BCUT2D eigenvalue weighted by Crippen LogP contribution is 2.46. The Labute approximate surface area is 155 Å². The first-order valence-corrected chi connectivity index (χ1v) is 9.62. The highest BCUT2D eigenvalue weighted by molar-refractivity contribution is 6.30. The van der Waals surface area contributed by atoms with E-state index in [0.29, 0.717) is 5.92 Å². The summed E-state index contributed by atoms with van der Waals surface area (Å²) in [6.45, 7) is 2.26. The number of benzene rings is 3. The van der Waals surface area contributed by atoms with Crippen LogP contribution in [-0.4, -0.2) is 4.40 Å². The molecule has 1 aliphatic carbocycles. The fourth-order valence-electron chi connectivity index (χ4n) is 5.13. The summed E-state index contributed by atoms with van der Waals surface area (Å²) in [7, 11) is 0. The molecule has 3 heterocycles. The Morgan fingerprint density at radius 3 is 2.48 bits per heavy atom. The van der Waals surface area contributed by atoms with Crippen molar-refractivity contribution in [3.8, 4) is 0 Å². The van der Waals surface area contributed by atoms with Gasteiger partial charge in [-0.25, -0.2) is 0 Å². The molecule has 1 unspecified atom stereocenters. The van der Waals surface area contributed by atoms with Crippen LogP contribution < -0.4 is 0 Å². The van der Waals surface area contributed by atoms with Gasteiger partial charge in [0.05, 0.1) is 21.9 Å². The number of fused-ring (bicyclic) bond motifs is 10. The summed E-state index contributed by atoms with van der Waals surface area (Å²) >= 11 is 0. The largest absolute Gasteiger partial charge is 0.459 e. The molecule has 27 heavy (non-hydrogen) atoms. The Bertz CT molecular complexity index is 1560. The number of aromatic nitrogens is 1. The van der Waals surface area contributed by atoms with Crippen molar-refractivity contribution in [2.45, 2.75) is 19.3 Å². The first kappa shape index (κ1) is 13.9. The Morgan fingerprint density at radius 1 is 0.889 bits per heavy atom. The van der Waals surface area contributed by atoms with E-state index in [9.17, 15) is 0 Å². The molecule has 128 valence electrons. The Hall–Kier alpha value is -3.26. The second-order valence-electron chi connectivity index (χ2n) is 7.81. The van der Waals surface area contributed by atoms with E-state index in [0.717, 1.165) is 17.8 Å². The van der Waals surface area contributed by atoms with Gasteiger partial charge in [0.1, 0.15) is 11.3 Å². The highest BCUT2D eigenvalue weighted by Gasteiger charge is 2.26. The van der Waals surface area contributed by atoms with E-state index in [1.807, 2.05) is 0 Å². The third kappa shape index (κ3) is 1.50. The molecule has 1 atom stereocenters. The Morgan fingerprint density at radius 2 is 1.63 bits per heavy atom. The Balaban J connectivity index is 1.88. The predicted molar refractivity (Wildman–Crippen MR) is 113 cm³/mol. The zero-order valence-corrected chi connectivity index (χ0v) is 15.0. The van der Waals surface area contributed by atoms with Crippen LogP contribution in [0, 0.1) is 0 Å². The molecule has 2 nitrogen and oxygen atoms in total. The van der Waals surface area contributed by atoms with Crippen LogP contribution in [0.2, 0.25) is 0 Å². The summed E-state index contributed by atoms with van der Waals surface area (Å²) in [6, 6.07) is 19.8. The summed E-state index contributed by atoms with van der Waals surface area (Å²) < 4.78 is 8.97. The highest BCUT2D eigenvalue weighted by atomic mass is 16.3. The summed E-state index contributed by atoms with van der Waals surface area (Å²) in [4.78, 5) is 0.